The number of methoxy groups -OCH3 is 2. The molecular formula is C17H19N5O3. The van der Waals surface area contributed by atoms with E-state index in [2.05, 4.69) is 10.1 Å². The van der Waals surface area contributed by atoms with Crippen molar-refractivity contribution in [3.8, 4) is 17.6 Å². The van der Waals surface area contributed by atoms with E-state index in [1.54, 1.807) is 14.2 Å². The molecule has 2 aromatic rings. The van der Waals surface area contributed by atoms with Crippen LogP contribution in [0.4, 0.5) is 0 Å². The van der Waals surface area contributed by atoms with E-state index in [0.29, 0.717) is 6.54 Å². The van der Waals surface area contributed by atoms with Crippen molar-refractivity contribution in [3.05, 3.63) is 35.9 Å². The van der Waals surface area contributed by atoms with Crippen molar-refractivity contribution in [2.45, 2.75) is 25.4 Å². The van der Waals surface area contributed by atoms with E-state index >= 15 is 0 Å². The van der Waals surface area contributed by atoms with Crippen LogP contribution >= 0.6 is 0 Å². The lowest BCUT2D eigenvalue weighted by molar-refractivity contribution is -0.133. The van der Waals surface area contributed by atoms with E-state index in [9.17, 15) is 4.79 Å². The van der Waals surface area contributed by atoms with Gasteiger partial charge in [0, 0.05) is 12.1 Å². The smallest absolute Gasteiger partial charge is 0.252 e. The molecule has 0 bridgehead atoms. The molecule has 0 saturated carbocycles. The quantitative estimate of drug-likeness (QED) is 0.819. The summed E-state index contributed by atoms with van der Waals surface area (Å²) in [5, 5.41) is 12.7. The number of ether oxygens (including phenoxy) is 2. The van der Waals surface area contributed by atoms with Crippen LogP contribution in [-0.4, -0.2) is 46.3 Å². The highest BCUT2D eigenvalue weighted by Crippen LogP contribution is 2.38. The molecule has 1 fully saturated rings. The molecule has 1 saturated heterocycles. The van der Waals surface area contributed by atoms with E-state index in [-0.39, 0.29) is 24.3 Å². The minimum absolute atomic E-state index is 0.0530. The van der Waals surface area contributed by atoms with Crippen LogP contribution in [0.5, 0.6) is 11.5 Å². The largest absolute Gasteiger partial charge is 0.497 e. The molecule has 0 spiro atoms. The first-order chi connectivity index (χ1) is 12.2. The van der Waals surface area contributed by atoms with Crippen LogP contribution in [0.1, 0.15) is 30.3 Å². The molecule has 0 aliphatic carbocycles. The van der Waals surface area contributed by atoms with Gasteiger partial charge in [0.25, 0.3) is 5.82 Å². The molecule has 130 valence electrons. The Morgan fingerprint density at radius 1 is 1.40 bits per heavy atom. The van der Waals surface area contributed by atoms with Crippen molar-refractivity contribution in [1.29, 1.82) is 5.26 Å². The number of benzene rings is 1. The molecule has 1 atom stereocenters. The van der Waals surface area contributed by atoms with Gasteiger partial charge in [-0.25, -0.2) is 9.67 Å². The van der Waals surface area contributed by atoms with Gasteiger partial charge in [-0.2, -0.15) is 5.26 Å². The van der Waals surface area contributed by atoms with Gasteiger partial charge in [-0.1, -0.05) is 0 Å². The highest BCUT2D eigenvalue weighted by Gasteiger charge is 2.32. The maximum atomic E-state index is 12.7. The van der Waals surface area contributed by atoms with E-state index < -0.39 is 0 Å². The van der Waals surface area contributed by atoms with Crippen molar-refractivity contribution >= 4 is 5.91 Å². The molecule has 8 heteroatoms. The fourth-order valence-corrected chi connectivity index (χ4v) is 3.14. The normalized spacial score (nSPS) is 16.5. The van der Waals surface area contributed by atoms with Crippen molar-refractivity contribution in [3.63, 3.8) is 0 Å². The summed E-state index contributed by atoms with van der Waals surface area (Å²) in [4.78, 5) is 18.4. The number of rotatable bonds is 5. The summed E-state index contributed by atoms with van der Waals surface area (Å²) in [5.41, 5.74) is 0.934. The van der Waals surface area contributed by atoms with Gasteiger partial charge >= 0.3 is 0 Å². The first-order valence-electron chi connectivity index (χ1n) is 7.97. The van der Waals surface area contributed by atoms with Crippen LogP contribution in [0.25, 0.3) is 0 Å². The number of hydrogen-bond donors (Lipinski definition) is 0. The van der Waals surface area contributed by atoms with E-state index in [4.69, 9.17) is 14.7 Å². The Morgan fingerprint density at radius 3 is 2.92 bits per heavy atom. The zero-order chi connectivity index (χ0) is 17.8. The Hall–Kier alpha value is -3.08. The summed E-state index contributed by atoms with van der Waals surface area (Å²) in [6.07, 6.45) is 3.17. The van der Waals surface area contributed by atoms with Gasteiger partial charge in [-0.05, 0) is 31.0 Å². The molecule has 1 aromatic heterocycles. The maximum Gasteiger partial charge on any atom is 0.252 e. The monoisotopic (exact) mass is 341 g/mol. The highest BCUT2D eigenvalue weighted by atomic mass is 16.5. The molecular weight excluding hydrogens is 322 g/mol. The Balaban J connectivity index is 1.82. The van der Waals surface area contributed by atoms with Gasteiger partial charge < -0.3 is 14.4 Å². The van der Waals surface area contributed by atoms with Gasteiger partial charge in [0.2, 0.25) is 5.91 Å². The summed E-state index contributed by atoms with van der Waals surface area (Å²) >= 11 is 0. The lowest BCUT2D eigenvalue weighted by atomic mass is 10.0. The number of nitriles is 1. The lowest BCUT2D eigenvalue weighted by Crippen LogP contribution is -2.33. The molecule has 0 unspecified atom stereocenters. The van der Waals surface area contributed by atoms with Crippen molar-refractivity contribution in [1.82, 2.24) is 19.7 Å². The summed E-state index contributed by atoms with van der Waals surface area (Å²) in [5.74, 6) is 1.45. The lowest BCUT2D eigenvalue weighted by Gasteiger charge is -2.26. The number of aromatic nitrogens is 3. The number of carbonyl (C=O) groups excluding carboxylic acids is 1. The van der Waals surface area contributed by atoms with E-state index in [0.717, 1.165) is 29.9 Å². The van der Waals surface area contributed by atoms with Crippen LogP contribution in [0.3, 0.4) is 0 Å². The number of likely N-dealkylation sites (tertiary alicyclic amines) is 1. The summed E-state index contributed by atoms with van der Waals surface area (Å²) in [6, 6.07) is 7.38. The molecule has 8 nitrogen and oxygen atoms in total. The average molecular weight is 341 g/mol. The molecule has 1 aliphatic rings. The van der Waals surface area contributed by atoms with Crippen LogP contribution < -0.4 is 9.47 Å². The molecule has 3 rings (SSSR count). The van der Waals surface area contributed by atoms with Gasteiger partial charge in [-0.15, -0.1) is 5.10 Å². The van der Waals surface area contributed by atoms with Crippen LogP contribution in [0.2, 0.25) is 0 Å². The molecule has 25 heavy (non-hydrogen) atoms. The Kier molecular flexibility index (Phi) is 4.84. The topological polar surface area (TPSA) is 93.3 Å². The second-order valence-electron chi connectivity index (χ2n) is 5.73. The minimum atomic E-state index is -0.0727. The highest BCUT2D eigenvalue weighted by molar-refractivity contribution is 5.77. The third kappa shape index (κ3) is 3.40. The molecule has 1 amide bonds. The summed E-state index contributed by atoms with van der Waals surface area (Å²) < 4.78 is 12.2. The molecule has 1 aromatic carbocycles. The third-order valence-corrected chi connectivity index (χ3v) is 4.30. The predicted octanol–water partition coefficient (Wildman–Crippen LogP) is 1.53. The van der Waals surface area contributed by atoms with Gasteiger partial charge in [0.1, 0.15) is 30.4 Å². The molecule has 2 heterocycles. The molecule has 1 aliphatic heterocycles. The number of amides is 1. The zero-order valence-electron chi connectivity index (χ0n) is 14.2. The number of carbonyl (C=O) groups is 1. The fourth-order valence-electron chi connectivity index (χ4n) is 3.14. The Bertz CT molecular complexity index is 811. The predicted molar refractivity (Wildman–Crippen MR) is 88.0 cm³/mol. The van der Waals surface area contributed by atoms with Crippen LogP contribution in [0, 0.1) is 11.3 Å². The standard InChI is InChI=1S/C17H19N5O3/c1-24-12-5-6-15(25-2)13(8-12)14-4-3-7-22(14)17(23)10-21-11-19-16(9-18)20-21/h5-6,8,11,14H,3-4,7,10H2,1-2H3/t14-/m1/s1. The maximum absolute atomic E-state index is 12.7. The first kappa shape index (κ1) is 16.8. The third-order valence-electron chi connectivity index (χ3n) is 4.30. The minimum Gasteiger partial charge on any atom is -0.497 e. The molecule has 0 N–H and O–H groups in total. The zero-order valence-corrected chi connectivity index (χ0v) is 14.2. The van der Waals surface area contributed by atoms with Gasteiger partial charge in [-0.3, -0.25) is 4.79 Å². The molecule has 0 radical (unpaired) electrons. The first-order valence-corrected chi connectivity index (χ1v) is 7.97. The Morgan fingerprint density at radius 2 is 2.24 bits per heavy atom. The summed E-state index contributed by atoms with van der Waals surface area (Å²) in [7, 11) is 3.23. The van der Waals surface area contributed by atoms with E-state index in [1.807, 2.05) is 29.2 Å². The van der Waals surface area contributed by atoms with Gasteiger partial charge in [0.05, 0.1) is 20.3 Å². The van der Waals surface area contributed by atoms with Crippen molar-refractivity contribution < 1.29 is 14.3 Å². The second kappa shape index (κ2) is 7.21. The van der Waals surface area contributed by atoms with Crippen molar-refractivity contribution in [2.24, 2.45) is 0 Å². The Labute approximate surface area is 145 Å². The number of nitrogens with zero attached hydrogens (tertiary/aromatic N) is 5. The fraction of sp³-hybridized carbons (Fsp3) is 0.412. The number of hydrogen-bond acceptors (Lipinski definition) is 6. The average Bonchev–Trinajstić information content (AvgIpc) is 3.30. The SMILES string of the molecule is COc1ccc(OC)c([C@H]2CCCN2C(=O)Cn2cnc(C#N)n2)c1. The van der Waals surface area contributed by atoms with Crippen LogP contribution in [0.15, 0.2) is 24.5 Å². The van der Waals surface area contributed by atoms with Gasteiger partial charge in [0.15, 0.2) is 0 Å². The summed E-state index contributed by atoms with van der Waals surface area (Å²) in [6.45, 7) is 0.723. The second-order valence-corrected chi connectivity index (χ2v) is 5.73. The van der Waals surface area contributed by atoms with Crippen LogP contribution in [-0.2, 0) is 11.3 Å². The van der Waals surface area contributed by atoms with Crippen molar-refractivity contribution in [2.75, 3.05) is 20.8 Å². The van der Waals surface area contributed by atoms with E-state index in [1.165, 1.54) is 11.0 Å².